The zero-order chi connectivity index (χ0) is 12.0. The van der Waals surface area contributed by atoms with Gasteiger partial charge in [-0.2, -0.15) is 0 Å². The minimum absolute atomic E-state index is 0.0388. The van der Waals surface area contributed by atoms with Crippen molar-refractivity contribution in [3.63, 3.8) is 0 Å². The maximum absolute atomic E-state index is 11.8. The number of aliphatic carboxylic acids is 1. The lowest BCUT2D eigenvalue weighted by molar-refractivity contribution is -0.143. The van der Waals surface area contributed by atoms with Crippen molar-refractivity contribution >= 4 is 11.9 Å². The maximum atomic E-state index is 11.8. The third kappa shape index (κ3) is 1.81. The van der Waals surface area contributed by atoms with Gasteiger partial charge in [-0.15, -0.1) is 0 Å². The van der Waals surface area contributed by atoms with Crippen LogP contribution < -0.4 is 5.32 Å². The molecule has 0 radical (unpaired) electrons. The first-order chi connectivity index (χ1) is 7.43. The average Bonchev–Trinajstić information content (AvgIpc) is 3.11. The molecule has 0 bridgehead atoms. The van der Waals surface area contributed by atoms with E-state index in [-0.39, 0.29) is 17.2 Å². The van der Waals surface area contributed by atoms with E-state index in [0.717, 1.165) is 12.8 Å². The standard InChI is InChI=1S/C12H19NO3/c1-3-11(2)6-8(11)9(14)13-7-12(4-5-12)10(15)16/h8H,3-7H2,1-2H3,(H,13,14)(H,15,16). The van der Waals surface area contributed by atoms with Crippen molar-refractivity contribution in [2.24, 2.45) is 16.7 Å². The van der Waals surface area contributed by atoms with Gasteiger partial charge in [-0.1, -0.05) is 13.8 Å². The zero-order valence-electron chi connectivity index (χ0n) is 9.88. The smallest absolute Gasteiger partial charge is 0.311 e. The van der Waals surface area contributed by atoms with Crippen LogP contribution in [0, 0.1) is 16.7 Å². The van der Waals surface area contributed by atoms with Gasteiger partial charge in [0.15, 0.2) is 0 Å². The van der Waals surface area contributed by atoms with Crippen molar-refractivity contribution < 1.29 is 14.7 Å². The van der Waals surface area contributed by atoms with Crippen LogP contribution >= 0.6 is 0 Å². The van der Waals surface area contributed by atoms with Crippen molar-refractivity contribution in [3.05, 3.63) is 0 Å². The van der Waals surface area contributed by atoms with Gasteiger partial charge in [0.05, 0.1) is 5.41 Å². The van der Waals surface area contributed by atoms with Crippen molar-refractivity contribution in [1.29, 1.82) is 0 Å². The summed E-state index contributed by atoms with van der Waals surface area (Å²) in [6.45, 7) is 4.51. The molecule has 0 aromatic rings. The van der Waals surface area contributed by atoms with Crippen LogP contribution in [0.15, 0.2) is 0 Å². The number of carbonyl (C=O) groups is 2. The average molecular weight is 225 g/mol. The van der Waals surface area contributed by atoms with Gasteiger partial charge in [0, 0.05) is 12.5 Å². The molecule has 0 aromatic carbocycles. The molecule has 0 saturated heterocycles. The summed E-state index contributed by atoms with van der Waals surface area (Å²) in [6.07, 6.45) is 3.33. The van der Waals surface area contributed by atoms with E-state index in [1.165, 1.54) is 0 Å². The highest BCUT2D eigenvalue weighted by Gasteiger charge is 2.55. The summed E-state index contributed by atoms with van der Waals surface area (Å²) in [7, 11) is 0. The molecule has 1 amide bonds. The number of carboxylic acid groups (broad SMARTS) is 1. The fourth-order valence-electron chi connectivity index (χ4n) is 2.20. The monoisotopic (exact) mass is 225 g/mol. The highest BCUT2D eigenvalue weighted by atomic mass is 16.4. The van der Waals surface area contributed by atoms with Crippen LogP contribution in [0.3, 0.4) is 0 Å². The Labute approximate surface area is 95.4 Å². The summed E-state index contributed by atoms with van der Waals surface area (Å²) in [5, 5.41) is 11.8. The summed E-state index contributed by atoms with van der Waals surface area (Å²) >= 11 is 0. The topological polar surface area (TPSA) is 66.4 Å². The second-order valence-electron chi connectivity index (χ2n) is 5.57. The maximum Gasteiger partial charge on any atom is 0.311 e. The van der Waals surface area contributed by atoms with E-state index in [2.05, 4.69) is 19.2 Å². The molecule has 2 unspecified atom stereocenters. The van der Waals surface area contributed by atoms with Gasteiger partial charge in [0.2, 0.25) is 5.91 Å². The molecule has 2 fully saturated rings. The number of rotatable bonds is 5. The number of nitrogens with one attached hydrogen (secondary N) is 1. The molecule has 90 valence electrons. The fraction of sp³-hybridized carbons (Fsp3) is 0.833. The minimum Gasteiger partial charge on any atom is -0.481 e. The third-order valence-electron chi connectivity index (χ3n) is 4.38. The summed E-state index contributed by atoms with van der Waals surface area (Å²) in [6, 6.07) is 0. The van der Waals surface area contributed by atoms with E-state index in [1.54, 1.807) is 0 Å². The van der Waals surface area contributed by atoms with Crippen LogP contribution in [0.4, 0.5) is 0 Å². The summed E-state index contributed by atoms with van der Waals surface area (Å²) in [4.78, 5) is 22.7. The number of hydrogen-bond acceptors (Lipinski definition) is 2. The highest BCUT2D eigenvalue weighted by Crippen LogP contribution is 2.55. The van der Waals surface area contributed by atoms with Gasteiger partial charge in [0.1, 0.15) is 0 Å². The molecule has 2 atom stereocenters. The normalized spacial score (nSPS) is 34.2. The Hall–Kier alpha value is -1.06. The SMILES string of the molecule is CCC1(C)CC1C(=O)NCC1(C(=O)O)CC1. The van der Waals surface area contributed by atoms with Gasteiger partial charge in [-0.05, 0) is 31.1 Å². The van der Waals surface area contributed by atoms with Gasteiger partial charge in [0.25, 0.3) is 0 Å². The first kappa shape index (κ1) is 11.4. The summed E-state index contributed by atoms with van der Waals surface area (Å²) < 4.78 is 0. The lowest BCUT2D eigenvalue weighted by Crippen LogP contribution is -2.35. The predicted molar refractivity (Wildman–Crippen MR) is 58.8 cm³/mol. The van der Waals surface area contributed by atoms with Crippen LogP contribution in [0.2, 0.25) is 0 Å². The molecular weight excluding hydrogens is 206 g/mol. The molecule has 4 nitrogen and oxygen atoms in total. The van der Waals surface area contributed by atoms with Crippen molar-refractivity contribution in [2.45, 2.75) is 39.5 Å². The first-order valence-corrected chi connectivity index (χ1v) is 5.95. The Balaban J connectivity index is 1.80. The highest BCUT2D eigenvalue weighted by molar-refractivity contribution is 5.84. The molecule has 2 aliphatic carbocycles. The molecule has 4 heteroatoms. The quantitative estimate of drug-likeness (QED) is 0.743. The Bertz CT molecular complexity index is 335. The van der Waals surface area contributed by atoms with E-state index >= 15 is 0 Å². The first-order valence-electron chi connectivity index (χ1n) is 5.95. The van der Waals surface area contributed by atoms with Crippen molar-refractivity contribution in [2.75, 3.05) is 6.54 Å². The molecule has 0 heterocycles. The van der Waals surface area contributed by atoms with E-state index in [4.69, 9.17) is 5.11 Å². The molecule has 2 saturated carbocycles. The molecule has 2 rings (SSSR count). The van der Waals surface area contributed by atoms with E-state index in [1.807, 2.05) is 0 Å². The zero-order valence-corrected chi connectivity index (χ0v) is 9.88. The van der Waals surface area contributed by atoms with Gasteiger partial charge in [-0.25, -0.2) is 0 Å². The lowest BCUT2D eigenvalue weighted by Gasteiger charge is -2.12. The fourth-order valence-corrected chi connectivity index (χ4v) is 2.20. The molecule has 2 aliphatic rings. The van der Waals surface area contributed by atoms with E-state index in [9.17, 15) is 9.59 Å². The molecule has 0 spiro atoms. The summed E-state index contributed by atoms with van der Waals surface area (Å²) in [5.74, 6) is -0.638. The minimum atomic E-state index is -0.776. The van der Waals surface area contributed by atoms with Crippen LogP contribution in [-0.4, -0.2) is 23.5 Å². The van der Waals surface area contributed by atoms with Crippen LogP contribution in [-0.2, 0) is 9.59 Å². The van der Waals surface area contributed by atoms with Crippen LogP contribution in [0.1, 0.15) is 39.5 Å². The molecule has 16 heavy (non-hydrogen) atoms. The summed E-state index contributed by atoms with van der Waals surface area (Å²) in [5.41, 5.74) is -0.489. The van der Waals surface area contributed by atoms with Crippen molar-refractivity contribution in [3.8, 4) is 0 Å². The van der Waals surface area contributed by atoms with Crippen LogP contribution in [0.5, 0.6) is 0 Å². The van der Waals surface area contributed by atoms with E-state index in [0.29, 0.717) is 19.4 Å². The Kier molecular flexibility index (Phi) is 2.48. The number of hydrogen-bond donors (Lipinski definition) is 2. The Morgan fingerprint density at radius 1 is 1.44 bits per heavy atom. The van der Waals surface area contributed by atoms with Gasteiger partial charge >= 0.3 is 5.97 Å². The van der Waals surface area contributed by atoms with E-state index < -0.39 is 11.4 Å². The molecule has 0 aliphatic heterocycles. The second-order valence-corrected chi connectivity index (χ2v) is 5.57. The second kappa shape index (κ2) is 3.47. The molecule has 0 aromatic heterocycles. The van der Waals surface area contributed by atoms with Crippen molar-refractivity contribution in [1.82, 2.24) is 5.32 Å². The number of carboxylic acids is 1. The lowest BCUT2D eigenvalue weighted by atomic mass is 10.0. The van der Waals surface area contributed by atoms with Gasteiger partial charge < -0.3 is 10.4 Å². The predicted octanol–water partition coefficient (Wildman–Crippen LogP) is 1.40. The number of carbonyl (C=O) groups excluding carboxylic acids is 1. The molecule has 2 N–H and O–H groups in total. The van der Waals surface area contributed by atoms with Gasteiger partial charge in [-0.3, -0.25) is 9.59 Å². The Morgan fingerprint density at radius 3 is 2.44 bits per heavy atom. The largest absolute Gasteiger partial charge is 0.481 e. The third-order valence-corrected chi connectivity index (χ3v) is 4.38. The number of amides is 1. The van der Waals surface area contributed by atoms with Crippen LogP contribution in [0.25, 0.3) is 0 Å². The Morgan fingerprint density at radius 2 is 2.06 bits per heavy atom. The molecular formula is C12H19NO3.